The van der Waals surface area contributed by atoms with Crippen molar-refractivity contribution in [3.63, 3.8) is 0 Å². The van der Waals surface area contributed by atoms with E-state index >= 15 is 0 Å². The number of rotatable bonds is 3. The largest absolute Gasteiger partial charge is 0.351 e. The molecule has 3 N–H and O–H groups in total. The van der Waals surface area contributed by atoms with E-state index in [-0.39, 0.29) is 11.9 Å². The Morgan fingerprint density at radius 3 is 2.12 bits per heavy atom. The lowest BCUT2D eigenvalue weighted by Gasteiger charge is -2.30. The third kappa shape index (κ3) is 3.88. The molecule has 1 unspecified atom stereocenters. The zero-order valence-corrected chi connectivity index (χ0v) is 15.3. The lowest BCUT2D eigenvalue weighted by Crippen LogP contribution is -2.45. The van der Waals surface area contributed by atoms with Gasteiger partial charge in [-0.1, -0.05) is 47.5 Å². The van der Waals surface area contributed by atoms with Crippen LogP contribution in [-0.4, -0.2) is 11.0 Å². The number of anilines is 1. The van der Waals surface area contributed by atoms with Crippen LogP contribution in [0.1, 0.15) is 29.7 Å². The molecule has 1 amide bonds. The number of nitrogens with one attached hydrogen (secondary N) is 3. The van der Waals surface area contributed by atoms with E-state index in [0.717, 1.165) is 22.5 Å². The minimum absolute atomic E-state index is 0.144. The molecule has 128 valence electrons. The molecule has 0 saturated heterocycles. The first-order valence-corrected chi connectivity index (χ1v) is 8.58. The van der Waals surface area contributed by atoms with E-state index in [9.17, 15) is 4.79 Å². The van der Waals surface area contributed by atoms with Gasteiger partial charge in [-0.05, 0) is 50.7 Å². The normalized spacial score (nSPS) is 16.9. The third-order valence-corrected chi connectivity index (χ3v) is 4.45. The summed E-state index contributed by atoms with van der Waals surface area (Å²) in [5, 5.41) is 9.76. The molecule has 0 aliphatic carbocycles. The predicted molar refractivity (Wildman–Crippen MR) is 105 cm³/mol. The van der Waals surface area contributed by atoms with Crippen molar-refractivity contribution in [2.75, 3.05) is 5.32 Å². The minimum Gasteiger partial charge on any atom is -0.351 e. The van der Waals surface area contributed by atoms with Crippen LogP contribution < -0.4 is 16.0 Å². The topological polar surface area (TPSA) is 53.2 Å². The Hall–Kier alpha value is -2.66. The highest BCUT2D eigenvalue weighted by Crippen LogP contribution is 2.28. The van der Waals surface area contributed by atoms with Crippen LogP contribution in [0.3, 0.4) is 0 Å². The molecule has 0 spiro atoms. The predicted octanol–water partition coefficient (Wildman–Crippen LogP) is 3.73. The Labute approximate surface area is 153 Å². The quantitative estimate of drug-likeness (QED) is 0.738. The number of hydrogen-bond donors (Lipinski definition) is 3. The second kappa shape index (κ2) is 7.07. The lowest BCUT2D eigenvalue weighted by atomic mass is 9.94. The molecule has 0 bridgehead atoms. The molecular weight excluding hydrogens is 330 g/mol. The van der Waals surface area contributed by atoms with Gasteiger partial charge in [-0.15, -0.1) is 0 Å². The van der Waals surface area contributed by atoms with E-state index in [4.69, 9.17) is 12.2 Å². The monoisotopic (exact) mass is 351 g/mol. The van der Waals surface area contributed by atoms with Crippen molar-refractivity contribution in [3.8, 4) is 0 Å². The van der Waals surface area contributed by atoms with E-state index in [2.05, 4.69) is 16.0 Å². The van der Waals surface area contributed by atoms with Gasteiger partial charge >= 0.3 is 0 Å². The number of aryl methyl sites for hydroxylation is 2. The average Bonchev–Trinajstić information content (AvgIpc) is 2.57. The van der Waals surface area contributed by atoms with E-state index < -0.39 is 0 Å². The summed E-state index contributed by atoms with van der Waals surface area (Å²) >= 11 is 5.28. The van der Waals surface area contributed by atoms with Gasteiger partial charge in [-0.2, -0.15) is 0 Å². The molecule has 25 heavy (non-hydrogen) atoms. The standard InChI is InChI=1S/C20H21N3OS/c1-12-4-8-15(9-5-12)18-17(14(3)21-20(25)23-18)19(24)22-16-10-6-13(2)7-11-16/h4-11,18H,1-3H3,(H,22,24)(H2,21,23,25). The SMILES string of the molecule is CC1=C(C(=O)Nc2ccc(C)cc2)C(c2ccc(C)cc2)NC(=S)N1. The van der Waals surface area contributed by atoms with Crippen molar-refractivity contribution in [1.29, 1.82) is 0 Å². The molecule has 1 aliphatic rings. The van der Waals surface area contributed by atoms with Gasteiger partial charge in [0, 0.05) is 11.4 Å². The summed E-state index contributed by atoms with van der Waals surface area (Å²) in [6.07, 6.45) is 0. The van der Waals surface area contributed by atoms with Crippen molar-refractivity contribution in [2.45, 2.75) is 26.8 Å². The molecule has 1 aliphatic heterocycles. The highest BCUT2D eigenvalue weighted by Gasteiger charge is 2.29. The first-order valence-electron chi connectivity index (χ1n) is 8.17. The van der Waals surface area contributed by atoms with Crippen LogP contribution in [0.2, 0.25) is 0 Å². The first-order chi connectivity index (χ1) is 11.9. The van der Waals surface area contributed by atoms with Gasteiger partial charge in [0.15, 0.2) is 5.11 Å². The zero-order valence-electron chi connectivity index (χ0n) is 14.5. The molecule has 0 radical (unpaired) electrons. The number of thiocarbonyl (C=S) groups is 1. The van der Waals surface area contributed by atoms with Gasteiger partial charge in [0.05, 0.1) is 11.6 Å². The number of benzene rings is 2. The van der Waals surface area contributed by atoms with Crippen LogP contribution in [0.5, 0.6) is 0 Å². The maximum Gasteiger partial charge on any atom is 0.255 e. The van der Waals surface area contributed by atoms with Gasteiger partial charge in [-0.3, -0.25) is 4.79 Å². The van der Waals surface area contributed by atoms with E-state index in [1.165, 1.54) is 5.56 Å². The molecule has 4 nitrogen and oxygen atoms in total. The maximum absolute atomic E-state index is 12.9. The van der Waals surface area contributed by atoms with Crippen LogP contribution in [0.25, 0.3) is 0 Å². The van der Waals surface area contributed by atoms with Crippen molar-refractivity contribution >= 4 is 28.9 Å². The molecule has 2 aromatic rings. The van der Waals surface area contributed by atoms with Crippen LogP contribution in [0.4, 0.5) is 5.69 Å². The summed E-state index contributed by atoms with van der Waals surface area (Å²) in [4.78, 5) is 12.9. The fourth-order valence-corrected chi connectivity index (χ4v) is 3.11. The summed E-state index contributed by atoms with van der Waals surface area (Å²) in [5.74, 6) is -0.144. The van der Waals surface area contributed by atoms with E-state index in [1.807, 2.05) is 69.3 Å². The third-order valence-electron chi connectivity index (χ3n) is 4.23. The molecule has 1 atom stereocenters. The Morgan fingerprint density at radius 2 is 1.52 bits per heavy atom. The smallest absolute Gasteiger partial charge is 0.255 e. The van der Waals surface area contributed by atoms with Gasteiger partial charge in [-0.25, -0.2) is 0 Å². The molecule has 5 heteroatoms. The second-order valence-corrected chi connectivity index (χ2v) is 6.71. The molecule has 0 fully saturated rings. The summed E-state index contributed by atoms with van der Waals surface area (Å²) in [6.45, 7) is 5.93. The molecule has 2 aromatic carbocycles. The van der Waals surface area contributed by atoms with Crippen molar-refractivity contribution in [3.05, 3.63) is 76.5 Å². The molecule has 3 rings (SSSR count). The second-order valence-electron chi connectivity index (χ2n) is 6.30. The van der Waals surface area contributed by atoms with Crippen molar-refractivity contribution in [1.82, 2.24) is 10.6 Å². The van der Waals surface area contributed by atoms with Crippen molar-refractivity contribution < 1.29 is 4.79 Å². The molecule has 0 aromatic heterocycles. The summed E-state index contributed by atoms with van der Waals surface area (Å²) < 4.78 is 0. The summed E-state index contributed by atoms with van der Waals surface area (Å²) in [7, 11) is 0. The Kier molecular flexibility index (Phi) is 4.86. The highest BCUT2D eigenvalue weighted by molar-refractivity contribution is 7.80. The van der Waals surface area contributed by atoms with Crippen LogP contribution in [0, 0.1) is 13.8 Å². The zero-order chi connectivity index (χ0) is 18.0. The number of amides is 1. The van der Waals surface area contributed by atoms with Gasteiger partial charge in [0.1, 0.15) is 0 Å². The van der Waals surface area contributed by atoms with Gasteiger partial charge < -0.3 is 16.0 Å². The first kappa shape index (κ1) is 17.2. The fraction of sp³-hybridized carbons (Fsp3) is 0.200. The Morgan fingerprint density at radius 1 is 0.960 bits per heavy atom. The molecular formula is C20H21N3OS. The number of carbonyl (C=O) groups is 1. The van der Waals surface area contributed by atoms with Gasteiger partial charge in [0.2, 0.25) is 0 Å². The fourth-order valence-electron chi connectivity index (χ4n) is 2.84. The number of carbonyl (C=O) groups excluding carboxylic acids is 1. The summed E-state index contributed by atoms with van der Waals surface area (Å²) in [5.41, 5.74) is 5.50. The van der Waals surface area contributed by atoms with Crippen LogP contribution >= 0.6 is 12.2 Å². The highest BCUT2D eigenvalue weighted by atomic mass is 32.1. The Bertz CT molecular complexity index is 838. The van der Waals surface area contributed by atoms with Crippen LogP contribution in [-0.2, 0) is 4.79 Å². The summed E-state index contributed by atoms with van der Waals surface area (Å²) in [6, 6.07) is 15.6. The van der Waals surface area contributed by atoms with Crippen molar-refractivity contribution in [2.24, 2.45) is 0 Å². The van der Waals surface area contributed by atoms with E-state index in [0.29, 0.717) is 10.7 Å². The molecule has 1 heterocycles. The van der Waals surface area contributed by atoms with E-state index in [1.54, 1.807) is 0 Å². The lowest BCUT2D eigenvalue weighted by molar-refractivity contribution is -0.113. The van der Waals surface area contributed by atoms with Gasteiger partial charge in [0.25, 0.3) is 5.91 Å². The number of allylic oxidation sites excluding steroid dienone is 1. The number of hydrogen-bond acceptors (Lipinski definition) is 2. The minimum atomic E-state index is -0.278. The average molecular weight is 351 g/mol. The van der Waals surface area contributed by atoms with Crippen LogP contribution in [0.15, 0.2) is 59.8 Å². The maximum atomic E-state index is 12.9. The Balaban J connectivity index is 1.92. The molecule has 0 saturated carbocycles.